The summed E-state index contributed by atoms with van der Waals surface area (Å²) < 4.78 is 1.62. The summed E-state index contributed by atoms with van der Waals surface area (Å²) in [4.78, 5) is 25.4. The molecule has 2 bridgehead atoms. The van der Waals surface area contributed by atoms with Crippen LogP contribution >= 0.6 is 23.2 Å². The van der Waals surface area contributed by atoms with Gasteiger partial charge in [-0.2, -0.15) is 0 Å². The van der Waals surface area contributed by atoms with Gasteiger partial charge in [-0.3, -0.25) is 9.36 Å². The van der Waals surface area contributed by atoms with Gasteiger partial charge in [-0.05, 0) is 91.7 Å². The van der Waals surface area contributed by atoms with Crippen LogP contribution < -0.4 is 10.9 Å². The molecular weight excluding hydrogens is 585 g/mol. The standard InChI is InChI=1S/C32H39Cl2N5O2.CH4O/c1-18-11-24(40)16-39(18)31(37-28-13-21-12-26(19(28)2)32(21,3)4)36-23-7-8-25-29(15-23)35-17-38(30(25)41)10-9-20-5-6-22(33)14-27(20)34;1-2/h5-8,14-15,17-19,21,24,26,28,40H,9-13,16H2,1-4H3,(H,36,37);2H,1H3/t18-,19-,21-,24+,26+,28-;/m0./s1. The summed E-state index contributed by atoms with van der Waals surface area (Å²) in [7, 11) is 1.00. The van der Waals surface area contributed by atoms with Gasteiger partial charge in [-0.15, -0.1) is 0 Å². The van der Waals surface area contributed by atoms with Crippen LogP contribution in [0.15, 0.2) is 52.5 Å². The molecular formula is C33H43Cl2N5O3. The highest BCUT2D eigenvalue weighted by Crippen LogP contribution is 2.61. The number of benzene rings is 2. The number of aliphatic hydroxyl groups excluding tert-OH is 2. The SMILES string of the molecule is CO.C[C@@H]1[C@@H](N=C(Nc2ccc3c(=O)n(CCc4ccc(Cl)cc4Cl)cnc3c2)N2C[C@H](O)C[C@@H]2C)C[C@@H]2C[C@H]1C2(C)C. The largest absolute Gasteiger partial charge is 0.400 e. The number of halogens is 2. The van der Waals surface area contributed by atoms with Gasteiger partial charge in [-0.25, -0.2) is 9.98 Å². The third-order valence-corrected chi connectivity index (χ3v) is 10.7. The average molecular weight is 629 g/mol. The van der Waals surface area contributed by atoms with E-state index in [2.05, 4.69) is 42.9 Å². The van der Waals surface area contributed by atoms with Crippen molar-refractivity contribution in [1.82, 2.24) is 14.5 Å². The minimum Gasteiger partial charge on any atom is -0.400 e. The number of aliphatic imine (C=N–C) groups is 1. The zero-order valence-corrected chi connectivity index (χ0v) is 27.1. The minimum atomic E-state index is -0.368. The number of anilines is 1. The fourth-order valence-corrected chi connectivity index (χ4v) is 7.92. The van der Waals surface area contributed by atoms with E-state index in [9.17, 15) is 9.90 Å². The van der Waals surface area contributed by atoms with Crippen LogP contribution in [0, 0.1) is 23.2 Å². The van der Waals surface area contributed by atoms with E-state index in [0.717, 1.165) is 37.2 Å². The Balaban J connectivity index is 0.00000180. The van der Waals surface area contributed by atoms with Gasteiger partial charge in [0.25, 0.3) is 5.56 Å². The van der Waals surface area contributed by atoms with E-state index in [1.807, 2.05) is 24.3 Å². The van der Waals surface area contributed by atoms with Crippen molar-refractivity contribution in [2.45, 2.75) is 78.1 Å². The van der Waals surface area contributed by atoms with Gasteiger partial charge in [0.05, 0.1) is 29.4 Å². The highest BCUT2D eigenvalue weighted by Gasteiger charge is 2.56. The highest BCUT2D eigenvalue weighted by atomic mass is 35.5. The number of rotatable bonds is 5. The summed E-state index contributed by atoms with van der Waals surface area (Å²) in [5, 5.41) is 22.7. The van der Waals surface area contributed by atoms with Crippen molar-refractivity contribution in [3.05, 3.63) is 68.7 Å². The lowest BCUT2D eigenvalue weighted by atomic mass is 9.45. The molecule has 6 atom stereocenters. The first kappa shape index (κ1) is 31.8. The van der Waals surface area contributed by atoms with E-state index in [0.29, 0.717) is 63.6 Å². The Morgan fingerprint density at radius 2 is 1.88 bits per heavy atom. The summed E-state index contributed by atoms with van der Waals surface area (Å²) >= 11 is 12.3. The Labute approximate surface area is 263 Å². The molecule has 3 saturated carbocycles. The average Bonchev–Trinajstić information content (AvgIpc) is 3.32. The Hall–Kier alpha value is -2.65. The lowest BCUT2D eigenvalue weighted by molar-refractivity contribution is -0.108. The van der Waals surface area contributed by atoms with Gasteiger partial charge < -0.3 is 20.4 Å². The van der Waals surface area contributed by atoms with Gasteiger partial charge >= 0.3 is 0 Å². The molecule has 0 radical (unpaired) electrons. The van der Waals surface area contributed by atoms with Gasteiger partial charge in [0.15, 0.2) is 5.96 Å². The molecule has 2 aromatic carbocycles. The van der Waals surface area contributed by atoms with Crippen LogP contribution in [0.25, 0.3) is 10.9 Å². The van der Waals surface area contributed by atoms with Crippen LogP contribution in [0.2, 0.25) is 10.0 Å². The van der Waals surface area contributed by atoms with Crippen molar-refractivity contribution >= 4 is 45.8 Å². The predicted octanol–water partition coefficient (Wildman–Crippen LogP) is 5.85. The fourth-order valence-electron chi connectivity index (χ4n) is 7.42. The molecule has 0 spiro atoms. The molecule has 3 aliphatic carbocycles. The molecule has 2 heterocycles. The molecule has 4 fully saturated rings. The number of aliphatic hydroxyl groups is 2. The molecule has 7 rings (SSSR count). The van der Waals surface area contributed by atoms with Crippen LogP contribution in [-0.4, -0.2) is 62.5 Å². The van der Waals surface area contributed by atoms with E-state index in [4.69, 9.17) is 33.3 Å². The molecule has 232 valence electrons. The topological polar surface area (TPSA) is 103 Å². The molecule has 1 aliphatic heterocycles. The third kappa shape index (κ3) is 6.30. The van der Waals surface area contributed by atoms with Crippen molar-refractivity contribution in [2.75, 3.05) is 19.0 Å². The van der Waals surface area contributed by atoms with Crippen molar-refractivity contribution < 1.29 is 10.2 Å². The van der Waals surface area contributed by atoms with E-state index in [1.54, 1.807) is 23.0 Å². The van der Waals surface area contributed by atoms with Crippen molar-refractivity contribution in [3.8, 4) is 0 Å². The van der Waals surface area contributed by atoms with Crippen LogP contribution in [-0.2, 0) is 13.0 Å². The van der Waals surface area contributed by atoms with E-state index in [1.165, 1.54) is 6.42 Å². The monoisotopic (exact) mass is 627 g/mol. The van der Waals surface area contributed by atoms with Gasteiger partial charge in [0, 0.05) is 42.0 Å². The number of β-amino-alcohol motifs (C(OH)–C–C–N with tert-alkyl or cyclic N) is 1. The Morgan fingerprint density at radius 1 is 1.12 bits per heavy atom. The normalized spacial score (nSPS) is 27.8. The maximum atomic E-state index is 13.3. The van der Waals surface area contributed by atoms with Crippen LogP contribution in [0.3, 0.4) is 0 Å². The number of nitrogens with zero attached hydrogens (tertiary/aromatic N) is 4. The summed E-state index contributed by atoms with van der Waals surface area (Å²) in [5.74, 6) is 2.72. The van der Waals surface area contributed by atoms with E-state index in [-0.39, 0.29) is 23.7 Å². The number of fused-ring (bicyclic) bond motifs is 3. The van der Waals surface area contributed by atoms with Crippen LogP contribution in [0.5, 0.6) is 0 Å². The molecule has 3 N–H and O–H groups in total. The summed E-state index contributed by atoms with van der Waals surface area (Å²) in [5.41, 5.74) is 2.70. The zero-order valence-electron chi connectivity index (χ0n) is 25.6. The highest BCUT2D eigenvalue weighted by molar-refractivity contribution is 6.35. The first-order chi connectivity index (χ1) is 20.5. The Kier molecular flexibility index (Phi) is 9.42. The van der Waals surface area contributed by atoms with E-state index < -0.39 is 0 Å². The third-order valence-electron chi connectivity index (χ3n) is 10.1. The van der Waals surface area contributed by atoms with Gasteiger partial charge in [0.1, 0.15) is 0 Å². The molecule has 43 heavy (non-hydrogen) atoms. The molecule has 1 saturated heterocycles. The number of aromatic nitrogens is 2. The molecule has 3 aromatic rings. The number of likely N-dealkylation sites (tertiary alicyclic amines) is 1. The summed E-state index contributed by atoms with van der Waals surface area (Å²) in [6.07, 6.45) is 4.96. The quantitative estimate of drug-likeness (QED) is 0.242. The van der Waals surface area contributed by atoms with E-state index >= 15 is 0 Å². The van der Waals surface area contributed by atoms with Crippen LogP contribution in [0.4, 0.5) is 5.69 Å². The maximum absolute atomic E-state index is 13.3. The first-order valence-electron chi connectivity index (χ1n) is 15.2. The van der Waals surface area contributed by atoms with Gasteiger partial charge in [-0.1, -0.05) is 50.0 Å². The smallest absolute Gasteiger partial charge is 0.261 e. The number of guanidine groups is 1. The molecule has 1 aromatic heterocycles. The molecule has 0 amide bonds. The minimum absolute atomic E-state index is 0.0883. The van der Waals surface area contributed by atoms with Crippen molar-refractivity contribution in [3.63, 3.8) is 0 Å². The van der Waals surface area contributed by atoms with Gasteiger partial charge in [0.2, 0.25) is 0 Å². The lowest BCUT2D eigenvalue weighted by Crippen LogP contribution is -2.56. The second-order valence-electron chi connectivity index (χ2n) is 13.0. The molecule has 8 nitrogen and oxygen atoms in total. The zero-order chi connectivity index (χ0) is 31.1. The molecule has 0 unspecified atom stereocenters. The number of hydrogen-bond donors (Lipinski definition) is 3. The molecule has 10 heteroatoms. The number of nitrogens with one attached hydrogen (secondary N) is 1. The fraction of sp³-hybridized carbons (Fsp3) is 0.545. The Bertz CT molecular complexity index is 1560. The van der Waals surface area contributed by atoms with Crippen LogP contribution in [0.1, 0.15) is 52.5 Å². The maximum Gasteiger partial charge on any atom is 0.261 e. The first-order valence-corrected chi connectivity index (χ1v) is 15.9. The molecule has 4 aliphatic rings. The number of aryl methyl sites for hydroxylation is 2. The number of hydrogen-bond acceptors (Lipinski definition) is 5. The second-order valence-corrected chi connectivity index (χ2v) is 13.8. The second kappa shape index (κ2) is 12.8. The van der Waals surface area contributed by atoms with Crippen molar-refractivity contribution in [2.24, 2.45) is 28.2 Å². The summed E-state index contributed by atoms with van der Waals surface area (Å²) in [6, 6.07) is 11.5. The lowest BCUT2D eigenvalue weighted by Gasteiger charge is -2.61. The summed E-state index contributed by atoms with van der Waals surface area (Å²) in [6.45, 7) is 10.3. The van der Waals surface area contributed by atoms with Crippen molar-refractivity contribution in [1.29, 1.82) is 0 Å². The predicted molar refractivity (Wildman–Crippen MR) is 175 cm³/mol. The Morgan fingerprint density at radius 3 is 2.53 bits per heavy atom.